The first-order chi connectivity index (χ1) is 13.0. The summed E-state index contributed by atoms with van der Waals surface area (Å²) in [4.78, 5) is 0. The molecule has 1 aliphatic rings. The van der Waals surface area contributed by atoms with E-state index in [1.165, 1.54) is 11.1 Å². The lowest BCUT2D eigenvalue weighted by atomic mass is 9.78. The van der Waals surface area contributed by atoms with Crippen LogP contribution < -0.4 is 0 Å². The molecule has 2 nitrogen and oxygen atoms in total. The molecular weight excluding hydrogens is 340 g/mol. The average Bonchev–Trinajstić information content (AvgIpc) is 2.61. The Bertz CT molecular complexity index is 865. The Labute approximate surface area is 169 Å². The number of hydrogen-bond acceptors (Lipinski definition) is 2. The fraction of sp³-hybridized carbons (Fsp3) is 0.462. The van der Waals surface area contributed by atoms with Gasteiger partial charge in [-0.25, -0.2) is 0 Å². The third-order valence-electron chi connectivity index (χ3n) is 5.89. The second-order valence-electron chi connectivity index (χ2n) is 10.1. The molecule has 0 unspecified atom stereocenters. The summed E-state index contributed by atoms with van der Waals surface area (Å²) in [5.74, 6) is 0. The molecule has 0 aromatic heterocycles. The van der Waals surface area contributed by atoms with Gasteiger partial charge < -0.3 is 0 Å². The Morgan fingerprint density at radius 3 is 1.00 bits per heavy atom. The zero-order chi connectivity index (χ0) is 20.7. The fourth-order valence-electron chi connectivity index (χ4n) is 4.02. The van der Waals surface area contributed by atoms with Crippen LogP contribution in [0.2, 0.25) is 0 Å². The number of nitriles is 2. The number of hydrogen-bond donors (Lipinski definition) is 0. The quantitative estimate of drug-likeness (QED) is 0.579. The van der Waals surface area contributed by atoms with E-state index in [2.05, 4.69) is 77.9 Å². The van der Waals surface area contributed by atoms with E-state index in [1.54, 1.807) is 0 Å². The van der Waals surface area contributed by atoms with Crippen LogP contribution in [0.3, 0.4) is 0 Å². The molecule has 1 aliphatic carbocycles. The normalized spacial score (nSPS) is 14.1. The molecule has 2 aromatic rings. The Kier molecular flexibility index (Phi) is 5.12. The van der Waals surface area contributed by atoms with Crippen LogP contribution in [-0.2, 0) is 36.5 Å². The Morgan fingerprint density at radius 1 is 0.571 bits per heavy atom. The van der Waals surface area contributed by atoms with Crippen molar-refractivity contribution in [3.8, 4) is 12.1 Å². The molecule has 0 amide bonds. The maximum absolute atomic E-state index is 9.85. The van der Waals surface area contributed by atoms with Crippen LogP contribution in [0.1, 0.15) is 86.1 Å². The Morgan fingerprint density at radius 2 is 0.821 bits per heavy atom. The van der Waals surface area contributed by atoms with E-state index in [0.29, 0.717) is 0 Å². The van der Waals surface area contributed by atoms with Crippen molar-refractivity contribution in [1.82, 2.24) is 0 Å². The third kappa shape index (κ3) is 3.83. The summed E-state index contributed by atoms with van der Waals surface area (Å²) < 4.78 is 0. The predicted octanol–water partition coefficient (Wildman–Crippen LogP) is 5.91. The third-order valence-corrected chi connectivity index (χ3v) is 5.89. The maximum atomic E-state index is 9.85. The smallest absolute Gasteiger partial charge is 0.0997 e. The van der Waals surface area contributed by atoms with E-state index in [9.17, 15) is 10.5 Å². The summed E-state index contributed by atoms with van der Waals surface area (Å²) in [6, 6.07) is 13.8. The van der Waals surface area contributed by atoms with Gasteiger partial charge >= 0.3 is 0 Å². The van der Waals surface area contributed by atoms with Gasteiger partial charge in [0, 0.05) is 0 Å². The van der Waals surface area contributed by atoms with Crippen molar-refractivity contribution in [1.29, 1.82) is 10.5 Å². The zero-order valence-electron chi connectivity index (χ0n) is 18.0. The van der Waals surface area contributed by atoms with Crippen LogP contribution in [0.25, 0.3) is 0 Å². The van der Waals surface area contributed by atoms with E-state index in [1.807, 2.05) is 0 Å². The molecule has 0 fully saturated rings. The average molecular weight is 371 g/mol. The molecule has 0 atom stereocenters. The van der Waals surface area contributed by atoms with Crippen molar-refractivity contribution in [2.75, 3.05) is 0 Å². The molecule has 3 rings (SSSR count). The summed E-state index contributed by atoms with van der Waals surface area (Å²) in [5, 5.41) is 19.7. The first-order valence-corrected chi connectivity index (χ1v) is 10.2. The van der Waals surface area contributed by atoms with Crippen molar-refractivity contribution in [2.24, 2.45) is 0 Å². The molecule has 144 valence electrons. The van der Waals surface area contributed by atoms with Crippen molar-refractivity contribution in [3.63, 3.8) is 0 Å². The van der Waals surface area contributed by atoms with E-state index in [4.69, 9.17) is 0 Å². The first-order valence-electron chi connectivity index (χ1n) is 10.2. The Hall–Kier alpha value is -2.58. The first kappa shape index (κ1) is 20.2. The molecule has 2 heteroatoms. The van der Waals surface area contributed by atoms with Crippen molar-refractivity contribution in [3.05, 3.63) is 68.8 Å². The monoisotopic (exact) mass is 370 g/mol. The highest BCUT2D eigenvalue weighted by atomic mass is 14.3. The number of fused-ring (bicyclic) bond motifs is 4. The molecule has 0 heterocycles. The van der Waals surface area contributed by atoms with Gasteiger partial charge in [0.15, 0.2) is 0 Å². The topological polar surface area (TPSA) is 47.6 Å². The van der Waals surface area contributed by atoms with Crippen LogP contribution in [0.5, 0.6) is 0 Å². The van der Waals surface area contributed by atoms with Gasteiger partial charge in [0.05, 0.1) is 23.3 Å². The summed E-state index contributed by atoms with van der Waals surface area (Å²) in [6.45, 7) is 13.3. The van der Waals surface area contributed by atoms with Crippen molar-refractivity contribution < 1.29 is 0 Å². The minimum atomic E-state index is 0.0487. The molecule has 0 N–H and O–H groups in total. The van der Waals surface area contributed by atoms with E-state index in [-0.39, 0.29) is 10.8 Å². The van der Waals surface area contributed by atoms with E-state index < -0.39 is 0 Å². The van der Waals surface area contributed by atoms with E-state index >= 15 is 0 Å². The highest BCUT2D eigenvalue weighted by Gasteiger charge is 2.23. The van der Waals surface area contributed by atoms with Gasteiger partial charge in [0.2, 0.25) is 0 Å². The molecule has 0 radical (unpaired) electrons. The number of nitrogens with zero attached hydrogens (tertiary/aromatic N) is 2. The number of benzene rings is 2. The van der Waals surface area contributed by atoms with Crippen LogP contribution in [-0.4, -0.2) is 0 Å². The van der Waals surface area contributed by atoms with Crippen molar-refractivity contribution >= 4 is 0 Å². The van der Waals surface area contributed by atoms with Gasteiger partial charge in [-0.3, -0.25) is 0 Å². The lowest BCUT2D eigenvalue weighted by molar-refractivity contribution is 0.585. The lowest BCUT2D eigenvalue weighted by Crippen LogP contribution is -2.17. The van der Waals surface area contributed by atoms with Gasteiger partial charge in [0.1, 0.15) is 0 Å². The maximum Gasteiger partial charge on any atom is 0.0997 e. The van der Waals surface area contributed by atoms with E-state index in [0.717, 1.165) is 59.1 Å². The molecule has 28 heavy (non-hydrogen) atoms. The number of rotatable bonds is 0. The largest absolute Gasteiger partial charge is 0.192 e. The Balaban J connectivity index is 2.19. The highest BCUT2D eigenvalue weighted by molar-refractivity contribution is 5.53. The molecular formula is C26H30N2. The molecule has 0 spiro atoms. The van der Waals surface area contributed by atoms with Gasteiger partial charge in [-0.15, -0.1) is 0 Å². The SMILES string of the molecule is CC(C)(C)c1cc2c(C#N)c(c1)CCc1cc(C(C)(C)C)cc(c1C#N)CC2. The summed E-state index contributed by atoms with van der Waals surface area (Å²) >= 11 is 0. The van der Waals surface area contributed by atoms with Crippen LogP contribution in [0, 0.1) is 22.7 Å². The van der Waals surface area contributed by atoms with Crippen LogP contribution in [0.4, 0.5) is 0 Å². The second-order valence-corrected chi connectivity index (χ2v) is 10.1. The highest BCUT2D eigenvalue weighted by Crippen LogP contribution is 2.33. The van der Waals surface area contributed by atoms with Gasteiger partial charge in [-0.2, -0.15) is 10.5 Å². The zero-order valence-corrected chi connectivity index (χ0v) is 18.0. The van der Waals surface area contributed by atoms with Gasteiger partial charge in [-0.05, 0) is 69.9 Å². The van der Waals surface area contributed by atoms with Crippen LogP contribution >= 0.6 is 0 Å². The predicted molar refractivity (Wildman–Crippen MR) is 115 cm³/mol. The van der Waals surface area contributed by atoms with Gasteiger partial charge in [-0.1, -0.05) is 65.8 Å². The second kappa shape index (κ2) is 7.10. The standard InChI is InChI=1S/C26H30N2/c1-25(2,3)21-11-17-7-9-19-13-22(26(4,5)6)14-20(24(19)16-28)10-8-18(12-21)23(17)15-27/h11-14H,7-10H2,1-6H3. The minimum Gasteiger partial charge on any atom is -0.192 e. The molecule has 2 aromatic carbocycles. The number of aryl methyl sites for hydroxylation is 4. The van der Waals surface area contributed by atoms with Gasteiger partial charge in [0.25, 0.3) is 0 Å². The fourth-order valence-corrected chi connectivity index (χ4v) is 4.02. The lowest BCUT2D eigenvalue weighted by Gasteiger charge is -2.25. The summed E-state index contributed by atoms with van der Waals surface area (Å²) in [7, 11) is 0. The molecule has 0 saturated carbocycles. The molecule has 0 aliphatic heterocycles. The summed E-state index contributed by atoms with van der Waals surface area (Å²) in [6.07, 6.45) is 3.17. The molecule has 0 saturated heterocycles. The summed E-state index contributed by atoms with van der Waals surface area (Å²) in [5.41, 5.74) is 8.85. The molecule has 4 bridgehead atoms. The minimum absolute atomic E-state index is 0.0487. The van der Waals surface area contributed by atoms with Crippen molar-refractivity contribution in [2.45, 2.75) is 78.1 Å². The van der Waals surface area contributed by atoms with Crippen LogP contribution in [0.15, 0.2) is 24.3 Å².